The summed E-state index contributed by atoms with van der Waals surface area (Å²) in [5, 5.41) is 12.6. The molecule has 1 rings (SSSR count). The summed E-state index contributed by atoms with van der Waals surface area (Å²) in [6.45, 7) is 8.21. The second-order valence-electron chi connectivity index (χ2n) is 5.21. The van der Waals surface area contributed by atoms with Crippen LogP contribution in [0.1, 0.15) is 33.1 Å². The molecule has 2 N–H and O–H groups in total. The van der Waals surface area contributed by atoms with Crippen LogP contribution in [0.25, 0.3) is 0 Å². The smallest absolute Gasteiger partial charge is 0.0558 e. The summed E-state index contributed by atoms with van der Waals surface area (Å²) >= 11 is 0. The number of aliphatic hydroxyl groups excluding tert-OH is 1. The van der Waals surface area contributed by atoms with Gasteiger partial charge in [0.2, 0.25) is 0 Å². The second kappa shape index (κ2) is 8.86. The van der Waals surface area contributed by atoms with Crippen LogP contribution < -0.4 is 5.32 Å². The van der Waals surface area contributed by atoms with E-state index in [-0.39, 0.29) is 6.61 Å². The van der Waals surface area contributed by atoms with Crippen molar-refractivity contribution in [2.45, 2.75) is 45.2 Å². The normalized spacial score (nSPS) is 25.0. The minimum Gasteiger partial charge on any atom is -0.395 e. The predicted octanol–water partition coefficient (Wildman–Crippen LogP) is 1.09. The molecule has 108 valence electrons. The Hall–Kier alpha value is -0.160. The van der Waals surface area contributed by atoms with E-state index in [1.165, 1.54) is 0 Å². The molecule has 1 saturated heterocycles. The van der Waals surface area contributed by atoms with Crippen LogP contribution in [-0.4, -0.2) is 62.0 Å². The van der Waals surface area contributed by atoms with Gasteiger partial charge in [-0.15, -0.1) is 0 Å². The maximum atomic E-state index is 9.24. The Morgan fingerprint density at radius 3 is 2.67 bits per heavy atom. The molecule has 1 aliphatic rings. The fourth-order valence-corrected chi connectivity index (χ4v) is 3.01. The summed E-state index contributed by atoms with van der Waals surface area (Å²) < 4.78 is 5.61. The minimum absolute atomic E-state index is 0.244. The first kappa shape index (κ1) is 15.9. The van der Waals surface area contributed by atoms with Gasteiger partial charge in [0, 0.05) is 37.7 Å². The monoisotopic (exact) mass is 258 g/mol. The molecule has 1 aliphatic heterocycles. The molecule has 0 saturated carbocycles. The van der Waals surface area contributed by atoms with Crippen LogP contribution in [0.4, 0.5) is 0 Å². The van der Waals surface area contributed by atoms with Crippen molar-refractivity contribution in [2.24, 2.45) is 5.92 Å². The molecule has 0 aromatic heterocycles. The molecular formula is C14H30N2O2. The number of hydrogen-bond acceptors (Lipinski definition) is 4. The molecule has 0 amide bonds. The standard InChI is InChI=1S/C14H30N2O2/c1-4-13(5-2)16(7-8-17)10-12-11-18-9-6-14(12)15-3/h12-15,17H,4-11H2,1-3H3. The van der Waals surface area contributed by atoms with Crippen molar-refractivity contribution in [3.63, 3.8) is 0 Å². The van der Waals surface area contributed by atoms with Gasteiger partial charge in [0.25, 0.3) is 0 Å². The summed E-state index contributed by atoms with van der Waals surface area (Å²) in [6.07, 6.45) is 3.39. The van der Waals surface area contributed by atoms with Gasteiger partial charge in [-0.05, 0) is 26.3 Å². The average Bonchev–Trinajstić information content (AvgIpc) is 2.41. The van der Waals surface area contributed by atoms with Gasteiger partial charge in [0.15, 0.2) is 0 Å². The zero-order valence-electron chi connectivity index (χ0n) is 12.2. The molecular weight excluding hydrogens is 228 g/mol. The van der Waals surface area contributed by atoms with E-state index in [1.54, 1.807) is 0 Å². The number of nitrogens with one attached hydrogen (secondary N) is 1. The van der Waals surface area contributed by atoms with Gasteiger partial charge in [-0.25, -0.2) is 0 Å². The molecule has 0 aromatic carbocycles. The van der Waals surface area contributed by atoms with Gasteiger partial charge in [0.1, 0.15) is 0 Å². The van der Waals surface area contributed by atoms with E-state index in [9.17, 15) is 5.11 Å². The van der Waals surface area contributed by atoms with Gasteiger partial charge in [-0.3, -0.25) is 4.90 Å². The highest BCUT2D eigenvalue weighted by Crippen LogP contribution is 2.19. The van der Waals surface area contributed by atoms with E-state index < -0.39 is 0 Å². The summed E-state index contributed by atoms with van der Waals surface area (Å²) in [4.78, 5) is 2.43. The summed E-state index contributed by atoms with van der Waals surface area (Å²) in [5.41, 5.74) is 0. The second-order valence-corrected chi connectivity index (χ2v) is 5.21. The number of aliphatic hydroxyl groups is 1. The Balaban J connectivity index is 2.57. The van der Waals surface area contributed by atoms with Crippen molar-refractivity contribution >= 4 is 0 Å². The highest BCUT2D eigenvalue weighted by Gasteiger charge is 2.28. The third-order valence-electron chi connectivity index (χ3n) is 4.16. The van der Waals surface area contributed by atoms with Crippen LogP contribution in [-0.2, 0) is 4.74 Å². The maximum Gasteiger partial charge on any atom is 0.0558 e. The fourth-order valence-electron chi connectivity index (χ4n) is 3.01. The molecule has 0 aromatic rings. The first-order valence-corrected chi connectivity index (χ1v) is 7.36. The van der Waals surface area contributed by atoms with Crippen molar-refractivity contribution in [3.8, 4) is 0 Å². The van der Waals surface area contributed by atoms with E-state index >= 15 is 0 Å². The third-order valence-corrected chi connectivity index (χ3v) is 4.16. The number of ether oxygens (including phenoxy) is 1. The Morgan fingerprint density at radius 2 is 2.11 bits per heavy atom. The van der Waals surface area contributed by atoms with Gasteiger partial charge >= 0.3 is 0 Å². The molecule has 0 spiro atoms. The van der Waals surface area contributed by atoms with Crippen LogP contribution in [0.2, 0.25) is 0 Å². The maximum absolute atomic E-state index is 9.24. The van der Waals surface area contributed by atoms with E-state index in [0.717, 1.165) is 45.6 Å². The highest BCUT2D eigenvalue weighted by molar-refractivity contribution is 4.83. The van der Waals surface area contributed by atoms with E-state index in [2.05, 4.69) is 24.1 Å². The lowest BCUT2D eigenvalue weighted by atomic mass is 9.94. The first-order valence-electron chi connectivity index (χ1n) is 7.36. The van der Waals surface area contributed by atoms with Crippen molar-refractivity contribution in [1.82, 2.24) is 10.2 Å². The third kappa shape index (κ3) is 4.50. The van der Waals surface area contributed by atoms with Gasteiger partial charge in [-0.1, -0.05) is 13.8 Å². The lowest BCUT2D eigenvalue weighted by Crippen LogP contribution is -2.49. The van der Waals surface area contributed by atoms with Crippen LogP contribution in [0.15, 0.2) is 0 Å². The zero-order valence-corrected chi connectivity index (χ0v) is 12.2. The largest absolute Gasteiger partial charge is 0.395 e. The topological polar surface area (TPSA) is 44.7 Å². The molecule has 2 atom stereocenters. The average molecular weight is 258 g/mol. The van der Waals surface area contributed by atoms with Crippen LogP contribution in [0.5, 0.6) is 0 Å². The lowest BCUT2D eigenvalue weighted by Gasteiger charge is -2.38. The van der Waals surface area contributed by atoms with Gasteiger partial charge in [0.05, 0.1) is 13.2 Å². The molecule has 0 bridgehead atoms. The summed E-state index contributed by atoms with van der Waals surface area (Å²) in [5.74, 6) is 0.538. The van der Waals surface area contributed by atoms with Crippen molar-refractivity contribution in [3.05, 3.63) is 0 Å². The van der Waals surface area contributed by atoms with E-state index in [4.69, 9.17) is 4.74 Å². The van der Waals surface area contributed by atoms with Crippen LogP contribution in [0, 0.1) is 5.92 Å². The molecule has 18 heavy (non-hydrogen) atoms. The Bertz CT molecular complexity index is 210. The van der Waals surface area contributed by atoms with E-state index in [1.807, 2.05) is 7.05 Å². The van der Waals surface area contributed by atoms with Crippen molar-refractivity contribution < 1.29 is 9.84 Å². The molecule has 1 fully saturated rings. The number of nitrogens with zero attached hydrogens (tertiary/aromatic N) is 1. The highest BCUT2D eigenvalue weighted by atomic mass is 16.5. The summed E-state index contributed by atoms with van der Waals surface area (Å²) in [6, 6.07) is 1.13. The zero-order chi connectivity index (χ0) is 13.4. The number of rotatable bonds is 8. The molecule has 2 unspecified atom stereocenters. The van der Waals surface area contributed by atoms with Crippen molar-refractivity contribution in [2.75, 3.05) is 40.0 Å². The Morgan fingerprint density at radius 1 is 1.39 bits per heavy atom. The molecule has 4 heteroatoms. The first-order chi connectivity index (χ1) is 8.76. The Kier molecular flexibility index (Phi) is 7.82. The van der Waals surface area contributed by atoms with Crippen LogP contribution in [0.3, 0.4) is 0 Å². The van der Waals surface area contributed by atoms with Crippen molar-refractivity contribution in [1.29, 1.82) is 0 Å². The minimum atomic E-state index is 0.244. The quantitative estimate of drug-likeness (QED) is 0.684. The summed E-state index contributed by atoms with van der Waals surface area (Å²) in [7, 11) is 2.04. The fraction of sp³-hybridized carbons (Fsp3) is 1.00. The lowest BCUT2D eigenvalue weighted by molar-refractivity contribution is 0.00780. The van der Waals surface area contributed by atoms with Gasteiger partial charge in [-0.2, -0.15) is 0 Å². The van der Waals surface area contributed by atoms with Crippen LogP contribution >= 0.6 is 0 Å². The SMILES string of the molecule is CCC(CC)N(CCO)CC1COCCC1NC. The number of hydrogen-bond donors (Lipinski definition) is 2. The molecule has 1 heterocycles. The Labute approximate surface area is 112 Å². The predicted molar refractivity (Wildman–Crippen MR) is 74.8 cm³/mol. The van der Waals surface area contributed by atoms with E-state index in [0.29, 0.717) is 18.0 Å². The molecule has 4 nitrogen and oxygen atoms in total. The molecule has 0 aliphatic carbocycles. The molecule has 0 radical (unpaired) electrons. The van der Waals surface area contributed by atoms with Gasteiger partial charge < -0.3 is 15.2 Å².